The molecule has 5 nitrogen and oxygen atoms in total. The van der Waals surface area contributed by atoms with Gasteiger partial charge in [-0.1, -0.05) is 13.8 Å². The molecular weight excluding hydrogens is 210 g/mol. The van der Waals surface area contributed by atoms with E-state index >= 15 is 0 Å². The molecule has 5 heteroatoms. The second-order valence-corrected chi connectivity index (χ2v) is 3.91. The normalized spacial score (nSPS) is 10.8. The summed E-state index contributed by atoms with van der Waals surface area (Å²) in [6.07, 6.45) is 0.688. The van der Waals surface area contributed by atoms with Gasteiger partial charge in [0.1, 0.15) is 5.69 Å². The van der Waals surface area contributed by atoms with Gasteiger partial charge in [0.15, 0.2) is 5.89 Å². The van der Waals surface area contributed by atoms with E-state index in [1.165, 1.54) is 14.2 Å². The van der Waals surface area contributed by atoms with Crippen molar-refractivity contribution in [1.82, 2.24) is 4.98 Å². The smallest absolute Gasteiger partial charge is 0.376 e. The molecule has 0 aliphatic rings. The first-order valence-electron chi connectivity index (χ1n) is 5.14. The van der Waals surface area contributed by atoms with Crippen LogP contribution in [-0.4, -0.2) is 25.2 Å². The van der Waals surface area contributed by atoms with Crippen LogP contribution in [0.5, 0.6) is 0 Å². The Morgan fingerprint density at radius 2 is 2.12 bits per heavy atom. The molecule has 0 aliphatic carbocycles. The number of hydrogen-bond donors (Lipinski definition) is 0. The molecular formula is C11H17NO4. The lowest BCUT2D eigenvalue weighted by Crippen LogP contribution is -2.04. The fourth-order valence-electron chi connectivity index (χ4n) is 1.32. The summed E-state index contributed by atoms with van der Waals surface area (Å²) in [7, 11) is 2.85. The average Bonchev–Trinajstić information content (AvgIpc) is 2.59. The molecule has 0 unspecified atom stereocenters. The number of carbonyl (C=O) groups is 1. The van der Waals surface area contributed by atoms with Crippen molar-refractivity contribution >= 4 is 5.97 Å². The summed E-state index contributed by atoms with van der Waals surface area (Å²) in [6.45, 7) is 4.35. The molecule has 1 rings (SSSR count). The fraction of sp³-hybridized carbons (Fsp3) is 0.636. The van der Waals surface area contributed by atoms with Gasteiger partial charge in [-0.25, -0.2) is 9.78 Å². The third-order valence-corrected chi connectivity index (χ3v) is 1.98. The van der Waals surface area contributed by atoms with Crippen molar-refractivity contribution in [2.24, 2.45) is 5.92 Å². The minimum Gasteiger partial charge on any atom is -0.463 e. The molecule has 0 N–H and O–H groups in total. The number of hydrogen-bond acceptors (Lipinski definition) is 5. The maximum absolute atomic E-state index is 11.4. The van der Waals surface area contributed by atoms with Gasteiger partial charge in [-0.3, -0.25) is 0 Å². The minimum atomic E-state index is -0.519. The van der Waals surface area contributed by atoms with Crippen molar-refractivity contribution < 1.29 is 18.7 Å². The highest BCUT2D eigenvalue weighted by atomic mass is 16.5. The Balaban J connectivity index is 2.95. The van der Waals surface area contributed by atoms with Crippen LogP contribution in [0, 0.1) is 5.92 Å². The molecule has 0 saturated carbocycles. The monoisotopic (exact) mass is 227 g/mol. The third-order valence-electron chi connectivity index (χ3n) is 1.98. The Kier molecular flexibility index (Phi) is 4.49. The van der Waals surface area contributed by atoms with E-state index in [0.717, 1.165) is 0 Å². The van der Waals surface area contributed by atoms with Crippen LogP contribution in [0.15, 0.2) is 4.42 Å². The quantitative estimate of drug-likeness (QED) is 0.718. The zero-order valence-corrected chi connectivity index (χ0v) is 10.1. The molecule has 1 aromatic heterocycles. The number of nitrogens with zero attached hydrogens (tertiary/aromatic N) is 1. The van der Waals surface area contributed by atoms with E-state index in [1.54, 1.807) is 0 Å². The molecule has 90 valence electrons. The molecule has 0 radical (unpaired) electrons. The van der Waals surface area contributed by atoms with Crippen molar-refractivity contribution in [2.75, 3.05) is 14.2 Å². The van der Waals surface area contributed by atoms with Crippen molar-refractivity contribution in [3.8, 4) is 0 Å². The van der Waals surface area contributed by atoms with Gasteiger partial charge in [0.25, 0.3) is 0 Å². The summed E-state index contributed by atoms with van der Waals surface area (Å²) < 4.78 is 14.9. The molecule has 0 bridgehead atoms. The Hall–Kier alpha value is -1.36. The Morgan fingerprint density at radius 3 is 2.62 bits per heavy atom. The zero-order valence-electron chi connectivity index (χ0n) is 10.1. The molecule has 0 fully saturated rings. The first-order chi connectivity index (χ1) is 7.58. The van der Waals surface area contributed by atoms with Crippen LogP contribution in [0.3, 0.4) is 0 Å². The highest BCUT2D eigenvalue weighted by Gasteiger charge is 2.20. The third kappa shape index (κ3) is 3.06. The molecule has 16 heavy (non-hydrogen) atoms. The van der Waals surface area contributed by atoms with Gasteiger partial charge in [0.05, 0.1) is 13.7 Å². The highest BCUT2D eigenvalue weighted by Crippen LogP contribution is 2.16. The van der Waals surface area contributed by atoms with Crippen LogP contribution in [0.4, 0.5) is 0 Å². The van der Waals surface area contributed by atoms with Crippen LogP contribution >= 0.6 is 0 Å². The van der Waals surface area contributed by atoms with Crippen LogP contribution < -0.4 is 0 Å². The first kappa shape index (κ1) is 12.7. The number of rotatable bonds is 5. The number of aromatic nitrogens is 1. The van der Waals surface area contributed by atoms with Crippen molar-refractivity contribution in [2.45, 2.75) is 26.9 Å². The second-order valence-electron chi connectivity index (χ2n) is 3.91. The largest absolute Gasteiger partial charge is 0.463 e. The van der Waals surface area contributed by atoms with E-state index in [4.69, 9.17) is 9.15 Å². The lowest BCUT2D eigenvalue weighted by molar-refractivity contribution is 0.0556. The van der Waals surface area contributed by atoms with Gasteiger partial charge in [-0.2, -0.15) is 0 Å². The van der Waals surface area contributed by atoms with Gasteiger partial charge in [-0.05, 0) is 5.92 Å². The van der Waals surface area contributed by atoms with Gasteiger partial charge >= 0.3 is 5.97 Å². The van der Waals surface area contributed by atoms with Crippen LogP contribution in [0.1, 0.15) is 36.0 Å². The molecule has 0 saturated heterocycles. The summed E-state index contributed by atoms with van der Waals surface area (Å²) in [5.74, 6) is 0.580. The highest BCUT2D eigenvalue weighted by molar-refractivity contribution is 5.87. The van der Waals surface area contributed by atoms with E-state index in [-0.39, 0.29) is 12.4 Å². The summed E-state index contributed by atoms with van der Waals surface area (Å²) in [4.78, 5) is 15.6. The standard InChI is InChI=1S/C11H17NO4/c1-7(2)5-9-12-8(6-14-3)10(16-9)11(13)15-4/h7H,5-6H2,1-4H3. The summed E-state index contributed by atoms with van der Waals surface area (Å²) in [6, 6.07) is 0. The Morgan fingerprint density at radius 1 is 1.44 bits per heavy atom. The maximum Gasteiger partial charge on any atom is 0.376 e. The van der Waals surface area contributed by atoms with E-state index in [0.29, 0.717) is 23.9 Å². The van der Waals surface area contributed by atoms with Crippen LogP contribution in [0.2, 0.25) is 0 Å². The molecule has 1 heterocycles. The fourth-order valence-corrected chi connectivity index (χ4v) is 1.32. The minimum absolute atomic E-state index is 0.139. The molecule has 0 aliphatic heterocycles. The van der Waals surface area contributed by atoms with E-state index in [2.05, 4.69) is 23.6 Å². The Bertz CT molecular complexity index is 357. The second kappa shape index (κ2) is 5.65. The van der Waals surface area contributed by atoms with E-state index in [1.807, 2.05) is 0 Å². The SMILES string of the molecule is COCc1nc(CC(C)C)oc1C(=O)OC. The average molecular weight is 227 g/mol. The molecule has 1 aromatic rings. The number of carbonyl (C=O) groups excluding carboxylic acids is 1. The van der Waals surface area contributed by atoms with Crippen molar-refractivity contribution in [3.63, 3.8) is 0 Å². The number of oxazole rings is 1. The topological polar surface area (TPSA) is 61.6 Å². The summed E-state index contributed by atoms with van der Waals surface area (Å²) in [5.41, 5.74) is 0.491. The van der Waals surface area contributed by atoms with Crippen LogP contribution in [-0.2, 0) is 22.5 Å². The summed E-state index contributed by atoms with van der Waals surface area (Å²) >= 11 is 0. The lowest BCUT2D eigenvalue weighted by atomic mass is 10.1. The molecule has 0 atom stereocenters. The molecule has 0 aromatic carbocycles. The van der Waals surface area contributed by atoms with E-state index < -0.39 is 5.97 Å². The zero-order chi connectivity index (χ0) is 12.1. The van der Waals surface area contributed by atoms with Crippen molar-refractivity contribution in [3.05, 3.63) is 17.3 Å². The Labute approximate surface area is 94.8 Å². The molecule has 0 spiro atoms. The molecule has 0 amide bonds. The van der Waals surface area contributed by atoms with Gasteiger partial charge in [0.2, 0.25) is 5.76 Å². The first-order valence-corrected chi connectivity index (χ1v) is 5.14. The van der Waals surface area contributed by atoms with Crippen LogP contribution in [0.25, 0.3) is 0 Å². The summed E-state index contributed by atoms with van der Waals surface area (Å²) in [5, 5.41) is 0. The van der Waals surface area contributed by atoms with Gasteiger partial charge in [-0.15, -0.1) is 0 Å². The predicted octanol–water partition coefficient (Wildman–Crippen LogP) is 1.81. The van der Waals surface area contributed by atoms with E-state index in [9.17, 15) is 4.79 Å². The lowest BCUT2D eigenvalue weighted by Gasteiger charge is -1.97. The number of ether oxygens (including phenoxy) is 2. The van der Waals surface area contributed by atoms with Gasteiger partial charge in [0, 0.05) is 13.5 Å². The van der Waals surface area contributed by atoms with Crippen molar-refractivity contribution in [1.29, 1.82) is 0 Å². The number of esters is 1. The number of methoxy groups -OCH3 is 2. The maximum atomic E-state index is 11.4. The predicted molar refractivity (Wildman–Crippen MR) is 57.1 cm³/mol. The van der Waals surface area contributed by atoms with Gasteiger partial charge < -0.3 is 13.9 Å².